The van der Waals surface area contributed by atoms with E-state index in [1.165, 1.54) is 30.5 Å². The maximum Gasteiger partial charge on any atom is 0.269 e. The first kappa shape index (κ1) is 13.8. The third kappa shape index (κ3) is 2.31. The number of fused-ring (bicyclic) bond motifs is 1. The molecule has 0 fully saturated rings. The summed E-state index contributed by atoms with van der Waals surface area (Å²) in [6, 6.07) is 10.6. The second kappa shape index (κ2) is 5.33. The summed E-state index contributed by atoms with van der Waals surface area (Å²) >= 11 is 0. The summed E-state index contributed by atoms with van der Waals surface area (Å²) in [5.74, 6) is 0.355. The molecular formula is C16H11NO5. The van der Waals surface area contributed by atoms with Crippen molar-refractivity contribution in [2.45, 2.75) is 0 Å². The first-order valence-corrected chi connectivity index (χ1v) is 6.44. The van der Waals surface area contributed by atoms with Gasteiger partial charge in [0.05, 0.1) is 17.6 Å². The molecule has 0 aliphatic heterocycles. The van der Waals surface area contributed by atoms with Gasteiger partial charge in [0.25, 0.3) is 5.69 Å². The second-order valence-corrected chi connectivity index (χ2v) is 4.64. The highest BCUT2D eigenvalue weighted by Crippen LogP contribution is 2.27. The van der Waals surface area contributed by atoms with Crippen LogP contribution in [0.4, 0.5) is 5.69 Å². The normalized spacial score (nSPS) is 10.6. The molecule has 0 aliphatic rings. The fourth-order valence-corrected chi connectivity index (χ4v) is 2.20. The van der Waals surface area contributed by atoms with Crippen LogP contribution in [0, 0.1) is 10.1 Å². The summed E-state index contributed by atoms with van der Waals surface area (Å²) in [4.78, 5) is 22.7. The fourth-order valence-electron chi connectivity index (χ4n) is 2.20. The third-order valence-corrected chi connectivity index (χ3v) is 3.37. The van der Waals surface area contributed by atoms with Gasteiger partial charge in [-0.3, -0.25) is 14.9 Å². The topological polar surface area (TPSA) is 82.6 Å². The molecule has 3 rings (SSSR count). The van der Waals surface area contributed by atoms with E-state index >= 15 is 0 Å². The molecule has 0 bridgehead atoms. The van der Waals surface area contributed by atoms with Gasteiger partial charge in [0.15, 0.2) is 5.78 Å². The van der Waals surface area contributed by atoms with Crippen LogP contribution in [0.5, 0.6) is 5.75 Å². The number of ether oxygens (including phenoxy) is 1. The lowest BCUT2D eigenvalue weighted by atomic mass is 10.0. The van der Waals surface area contributed by atoms with Gasteiger partial charge in [-0.05, 0) is 30.3 Å². The molecule has 22 heavy (non-hydrogen) atoms. The quantitative estimate of drug-likeness (QED) is 0.417. The van der Waals surface area contributed by atoms with Crippen molar-refractivity contribution in [3.05, 3.63) is 70.0 Å². The number of non-ortho nitro benzene ring substituents is 1. The molecule has 110 valence electrons. The number of rotatable bonds is 4. The van der Waals surface area contributed by atoms with Gasteiger partial charge >= 0.3 is 0 Å². The first-order chi connectivity index (χ1) is 10.6. The number of ketones is 1. The molecule has 6 heteroatoms. The van der Waals surface area contributed by atoms with Crippen molar-refractivity contribution in [2.75, 3.05) is 7.11 Å². The van der Waals surface area contributed by atoms with E-state index in [0.29, 0.717) is 27.8 Å². The first-order valence-electron chi connectivity index (χ1n) is 6.44. The fraction of sp³-hybridized carbons (Fsp3) is 0.0625. The minimum absolute atomic E-state index is 0.0599. The number of furan rings is 1. The molecular weight excluding hydrogens is 286 g/mol. The molecule has 0 N–H and O–H groups in total. The molecule has 0 aliphatic carbocycles. The monoisotopic (exact) mass is 297 g/mol. The smallest absolute Gasteiger partial charge is 0.269 e. The van der Waals surface area contributed by atoms with Crippen LogP contribution in [0.25, 0.3) is 11.0 Å². The summed E-state index contributed by atoms with van der Waals surface area (Å²) in [6.07, 6.45) is 1.38. The van der Waals surface area contributed by atoms with E-state index < -0.39 is 4.92 Å². The van der Waals surface area contributed by atoms with Gasteiger partial charge in [0, 0.05) is 23.1 Å². The zero-order chi connectivity index (χ0) is 15.7. The average molecular weight is 297 g/mol. The largest absolute Gasteiger partial charge is 0.497 e. The molecule has 0 atom stereocenters. The van der Waals surface area contributed by atoms with Gasteiger partial charge in [0.1, 0.15) is 17.6 Å². The summed E-state index contributed by atoms with van der Waals surface area (Å²) in [5, 5.41) is 11.3. The predicted octanol–water partition coefficient (Wildman–Crippen LogP) is 3.58. The van der Waals surface area contributed by atoms with Crippen LogP contribution in [-0.2, 0) is 0 Å². The van der Waals surface area contributed by atoms with Crippen LogP contribution in [0.2, 0.25) is 0 Å². The Balaban J connectivity index is 2.03. The number of nitro groups is 1. The number of carbonyl (C=O) groups is 1. The number of nitro benzene ring substituents is 1. The second-order valence-electron chi connectivity index (χ2n) is 4.64. The van der Waals surface area contributed by atoms with E-state index in [1.54, 1.807) is 25.3 Å². The molecule has 0 spiro atoms. The Hall–Kier alpha value is -3.15. The molecule has 0 saturated carbocycles. The van der Waals surface area contributed by atoms with E-state index in [9.17, 15) is 14.9 Å². The molecule has 1 aromatic heterocycles. The summed E-state index contributed by atoms with van der Waals surface area (Å²) in [7, 11) is 1.54. The number of nitrogens with zero attached hydrogens (tertiary/aromatic N) is 1. The predicted molar refractivity (Wildman–Crippen MR) is 79.3 cm³/mol. The SMILES string of the molecule is COc1ccc2occ(C(=O)c3ccc([N+](=O)[O-])cc3)c2c1. The van der Waals surface area contributed by atoms with Gasteiger partial charge < -0.3 is 9.15 Å². The standard InChI is InChI=1S/C16H11NO5/c1-21-12-6-7-15-13(8-12)14(9-22-15)16(18)10-2-4-11(5-3-10)17(19)20/h2-9H,1H3. The van der Waals surface area contributed by atoms with Gasteiger partial charge in [-0.15, -0.1) is 0 Å². The van der Waals surface area contributed by atoms with Crippen LogP contribution >= 0.6 is 0 Å². The molecule has 0 amide bonds. The zero-order valence-electron chi connectivity index (χ0n) is 11.6. The van der Waals surface area contributed by atoms with Crippen molar-refractivity contribution < 1.29 is 18.9 Å². The Morgan fingerprint density at radius 1 is 1.18 bits per heavy atom. The minimum atomic E-state index is -0.508. The maximum absolute atomic E-state index is 12.5. The lowest BCUT2D eigenvalue weighted by Crippen LogP contribution is -2.00. The Labute approximate surface area is 125 Å². The van der Waals surface area contributed by atoms with Crippen LogP contribution in [-0.4, -0.2) is 17.8 Å². The highest BCUT2D eigenvalue weighted by molar-refractivity contribution is 6.16. The highest BCUT2D eigenvalue weighted by Gasteiger charge is 2.17. The van der Waals surface area contributed by atoms with Gasteiger partial charge in [-0.1, -0.05) is 0 Å². The molecule has 1 heterocycles. The molecule has 0 unspecified atom stereocenters. The maximum atomic E-state index is 12.5. The lowest BCUT2D eigenvalue weighted by Gasteiger charge is -2.01. The molecule has 0 saturated heterocycles. The van der Waals surface area contributed by atoms with E-state index in [0.717, 1.165) is 0 Å². The van der Waals surface area contributed by atoms with Gasteiger partial charge in [-0.2, -0.15) is 0 Å². The van der Waals surface area contributed by atoms with Crippen LogP contribution in [0.3, 0.4) is 0 Å². The summed E-state index contributed by atoms with van der Waals surface area (Å²) in [6.45, 7) is 0. The molecule has 2 aromatic carbocycles. The van der Waals surface area contributed by atoms with Crippen molar-refractivity contribution in [2.24, 2.45) is 0 Å². The van der Waals surface area contributed by atoms with E-state index in [1.807, 2.05) is 0 Å². The van der Waals surface area contributed by atoms with Crippen molar-refractivity contribution >= 4 is 22.4 Å². The third-order valence-electron chi connectivity index (χ3n) is 3.37. The Bertz CT molecular complexity index is 864. The van der Waals surface area contributed by atoms with E-state index in [-0.39, 0.29) is 11.5 Å². The number of methoxy groups -OCH3 is 1. The Morgan fingerprint density at radius 3 is 2.55 bits per heavy atom. The van der Waals surface area contributed by atoms with E-state index in [2.05, 4.69) is 0 Å². The highest BCUT2D eigenvalue weighted by atomic mass is 16.6. The minimum Gasteiger partial charge on any atom is -0.497 e. The van der Waals surface area contributed by atoms with Gasteiger partial charge in [-0.25, -0.2) is 0 Å². The lowest BCUT2D eigenvalue weighted by molar-refractivity contribution is -0.384. The zero-order valence-corrected chi connectivity index (χ0v) is 11.6. The molecule has 6 nitrogen and oxygen atoms in total. The number of hydrogen-bond donors (Lipinski definition) is 0. The summed E-state index contributed by atoms with van der Waals surface area (Å²) in [5.41, 5.74) is 1.26. The van der Waals surface area contributed by atoms with Crippen molar-refractivity contribution in [1.82, 2.24) is 0 Å². The average Bonchev–Trinajstić information content (AvgIpc) is 2.97. The summed E-state index contributed by atoms with van der Waals surface area (Å²) < 4.78 is 10.5. The van der Waals surface area contributed by atoms with Crippen molar-refractivity contribution in [1.29, 1.82) is 0 Å². The van der Waals surface area contributed by atoms with E-state index in [4.69, 9.17) is 9.15 Å². The Morgan fingerprint density at radius 2 is 1.91 bits per heavy atom. The van der Waals surface area contributed by atoms with Crippen LogP contribution in [0.15, 0.2) is 53.1 Å². The van der Waals surface area contributed by atoms with Gasteiger partial charge in [0.2, 0.25) is 0 Å². The molecule has 0 radical (unpaired) electrons. The molecule has 3 aromatic rings. The van der Waals surface area contributed by atoms with Crippen molar-refractivity contribution in [3.8, 4) is 5.75 Å². The number of carbonyl (C=O) groups excluding carboxylic acids is 1. The number of hydrogen-bond acceptors (Lipinski definition) is 5. The number of benzene rings is 2. The Kier molecular flexibility index (Phi) is 3.34. The van der Waals surface area contributed by atoms with Crippen LogP contribution in [0.1, 0.15) is 15.9 Å². The van der Waals surface area contributed by atoms with Crippen molar-refractivity contribution in [3.63, 3.8) is 0 Å². The van der Waals surface area contributed by atoms with Crippen LogP contribution < -0.4 is 4.74 Å².